The van der Waals surface area contributed by atoms with Crippen LogP contribution in [0.5, 0.6) is 0 Å². The number of aryl methyl sites for hydroxylation is 2. The highest BCUT2D eigenvalue weighted by Crippen LogP contribution is 2.20. The summed E-state index contributed by atoms with van der Waals surface area (Å²) in [6, 6.07) is 6.18. The number of fused-ring (bicyclic) bond motifs is 1. The Morgan fingerprint density at radius 3 is 2.80 bits per heavy atom. The summed E-state index contributed by atoms with van der Waals surface area (Å²) in [7, 11) is 4.13. The average Bonchev–Trinajstić information content (AvgIpc) is 3.18. The van der Waals surface area contributed by atoms with E-state index in [4.69, 9.17) is 17.0 Å². The number of pyridine rings is 1. The van der Waals surface area contributed by atoms with Crippen LogP contribution in [0.3, 0.4) is 0 Å². The topological polar surface area (TPSA) is 60.6 Å². The van der Waals surface area contributed by atoms with Crippen LogP contribution >= 0.6 is 12.2 Å². The fourth-order valence-electron chi connectivity index (χ4n) is 4.00. The zero-order valence-electron chi connectivity index (χ0n) is 18.6. The van der Waals surface area contributed by atoms with Gasteiger partial charge in [0.15, 0.2) is 5.11 Å². The van der Waals surface area contributed by atoms with Crippen molar-refractivity contribution in [1.82, 2.24) is 20.1 Å². The van der Waals surface area contributed by atoms with Crippen molar-refractivity contribution >= 4 is 28.2 Å². The molecule has 0 spiro atoms. The Bertz CT molecular complexity index is 935. The minimum Gasteiger partial charge on any atom is -0.376 e. The fraction of sp³-hybridized carbons (Fsp3) is 0.565. The van der Waals surface area contributed by atoms with Crippen molar-refractivity contribution in [2.24, 2.45) is 0 Å². The van der Waals surface area contributed by atoms with Gasteiger partial charge in [-0.05, 0) is 89.2 Å². The molecule has 0 amide bonds. The Balaban J connectivity index is 1.78. The molecule has 6 nitrogen and oxygen atoms in total. The molecule has 164 valence electrons. The van der Waals surface area contributed by atoms with Gasteiger partial charge >= 0.3 is 0 Å². The molecule has 7 heteroatoms. The van der Waals surface area contributed by atoms with E-state index in [0.717, 1.165) is 66.6 Å². The maximum absolute atomic E-state index is 12.8. The molecule has 1 aromatic heterocycles. The summed E-state index contributed by atoms with van der Waals surface area (Å²) < 4.78 is 5.84. The third-order valence-electron chi connectivity index (χ3n) is 5.54. The summed E-state index contributed by atoms with van der Waals surface area (Å²) in [4.78, 5) is 20.1. The van der Waals surface area contributed by atoms with E-state index in [1.807, 2.05) is 19.1 Å². The van der Waals surface area contributed by atoms with Crippen LogP contribution < -0.4 is 10.9 Å². The molecule has 0 radical (unpaired) electrons. The highest BCUT2D eigenvalue weighted by Gasteiger charge is 2.22. The van der Waals surface area contributed by atoms with E-state index < -0.39 is 0 Å². The highest BCUT2D eigenvalue weighted by molar-refractivity contribution is 7.80. The molecule has 0 saturated carbocycles. The van der Waals surface area contributed by atoms with Gasteiger partial charge < -0.3 is 24.8 Å². The lowest BCUT2D eigenvalue weighted by atomic mass is 10.0. The minimum atomic E-state index is -0.0553. The van der Waals surface area contributed by atoms with E-state index in [1.54, 1.807) is 0 Å². The van der Waals surface area contributed by atoms with Crippen LogP contribution in [0.1, 0.15) is 36.0 Å². The first-order valence-corrected chi connectivity index (χ1v) is 11.2. The maximum atomic E-state index is 12.8. The van der Waals surface area contributed by atoms with Crippen molar-refractivity contribution < 1.29 is 4.74 Å². The van der Waals surface area contributed by atoms with Gasteiger partial charge in [0.1, 0.15) is 0 Å². The van der Waals surface area contributed by atoms with E-state index in [-0.39, 0.29) is 11.7 Å². The van der Waals surface area contributed by atoms with Crippen LogP contribution in [-0.4, -0.2) is 66.3 Å². The Labute approximate surface area is 184 Å². The first kappa shape index (κ1) is 22.7. The number of thiocarbonyl (C=S) groups is 1. The van der Waals surface area contributed by atoms with Gasteiger partial charge in [0, 0.05) is 36.2 Å². The number of aromatic amines is 1. The zero-order chi connectivity index (χ0) is 21.7. The number of nitrogens with zero attached hydrogens (tertiary/aromatic N) is 2. The van der Waals surface area contributed by atoms with E-state index in [2.05, 4.69) is 47.2 Å². The summed E-state index contributed by atoms with van der Waals surface area (Å²) in [6.45, 7) is 7.91. The molecular formula is C23H34N4O2S. The van der Waals surface area contributed by atoms with E-state index in [1.165, 1.54) is 0 Å². The molecule has 1 fully saturated rings. The lowest BCUT2D eigenvalue weighted by Crippen LogP contribution is -2.44. The van der Waals surface area contributed by atoms with Crippen LogP contribution in [0, 0.1) is 13.8 Å². The van der Waals surface area contributed by atoms with Crippen LogP contribution in [0.15, 0.2) is 23.0 Å². The molecule has 30 heavy (non-hydrogen) atoms. The molecule has 1 saturated heterocycles. The van der Waals surface area contributed by atoms with E-state index in [9.17, 15) is 4.79 Å². The van der Waals surface area contributed by atoms with Crippen LogP contribution in [0.25, 0.3) is 10.9 Å². The first-order valence-electron chi connectivity index (χ1n) is 10.8. The average molecular weight is 431 g/mol. The number of hydrogen-bond acceptors (Lipinski definition) is 4. The maximum Gasteiger partial charge on any atom is 0.253 e. The predicted octanol–water partition coefficient (Wildman–Crippen LogP) is 2.95. The van der Waals surface area contributed by atoms with Crippen molar-refractivity contribution in [2.45, 2.75) is 45.8 Å². The SMILES string of the molecule is Cc1cc(C)c2cc(CN(C[C@@H]3CCCO3)C(=S)NCCCN(C)C)c(=O)[nH]c2c1. The molecule has 0 unspecified atom stereocenters. The van der Waals surface area contributed by atoms with Crippen LogP contribution in [0.2, 0.25) is 0 Å². The van der Waals surface area contributed by atoms with Crippen molar-refractivity contribution in [2.75, 3.05) is 40.3 Å². The molecule has 1 aliphatic heterocycles. The van der Waals surface area contributed by atoms with Crippen molar-refractivity contribution in [3.63, 3.8) is 0 Å². The van der Waals surface area contributed by atoms with Crippen LogP contribution in [-0.2, 0) is 11.3 Å². The molecule has 2 N–H and O–H groups in total. The smallest absolute Gasteiger partial charge is 0.253 e. The van der Waals surface area contributed by atoms with Gasteiger partial charge in [0.05, 0.1) is 12.6 Å². The summed E-state index contributed by atoms with van der Waals surface area (Å²) in [5.74, 6) is 0. The quantitative estimate of drug-likeness (QED) is 0.496. The second-order valence-electron chi connectivity index (χ2n) is 8.57. The van der Waals surface area contributed by atoms with Gasteiger partial charge in [-0.2, -0.15) is 0 Å². The molecule has 0 aliphatic carbocycles. The summed E-state index contributed by atoms with van der Waals surface area (Å²) in [6.07, 6.45) is 3.29. The predicted molar refractivity (Wildman–Crippen MR) is 127 cm³/mol. The monoisotopic (exact) mass is 430 g/mol. The van der Waals surface area contributed by atoms with Crippen molar-refractivity contribution in [1.29, 1.82) is 0 Å². The summed E-state index contributed by atoms with van der Waals surface area (Å²) in [5, 5.41) is 5.14. The molecule has 2 heterocycles. The van der Waals surface area contributed by atoms with Gasteiger partial charge in [0.25, 0.3) is 5.56 Å². The van der Waals surface area contributed by atoms with E-state index in [0.29, 0.717) is 18.2 Å². The fourth-order valence-corrected chi connectivity index (χ4v) is 4.24. The Morgan fingerprint density at radius 2 is 2.10 bits per heavy atom. The Kier molecular flexibility index (Phi) is 7.86. The Hall–Kier alpha value is -1.96. The van der Waals surface area contributed by atoms with Gasteiger partial charge in [0.2, 0.25) is 0 Å². The molecule has 1 aliphatic rings. The standard InChI is InChI=1S/C23H34N4O2S/c1-16-11-17(2)20-13-18(22(28)25-21(20)12-16)14-27(15-19-7-5-10-29-19)23(30)24-8-6-9-26(3)4/h11-13,19H,5-10,14-15H2,1-4H3,(H,24,30)(H,25,28)/t19-/m0/s1. The molecular weight excluding hydrogens is 396 g/mol. The van der Waals surface area contributed by atoms with Crippen LogP contribution in [0.4, 0.5) is 0 Å². The first-order chi connectivity index (χ1) is 14.3. The lowest BCUT2D eigenvalue weighted by molar-refractivity contribution is 0.0897. The third-order valence-corrected chi connectivity index (χ3v) is 5.95. The second-order valence-corrected chi connectivity index (χ2v) is 8.96. The number of aromatic nitrogens is 1. The summed E-state index contributed by atoms with van der Waals surface area (Å²) >= 11 is 5.70. The number of benzene rings is 1. The molecule has 2 aromatic rings. The van der Waals surface area contributed by atoms with Gasteiger partial charge in [-0.1, -0.05) is 6.07 Å². The number of hydrogen-bond donors (Lipinski definition) is 2. The normalized spacial score (nSPS) is 16.4. The van der Waals surface area contributed by atoms with Crippen molar-refractivity contribution in [3.8, 4) is 0 Å². The van der Waals surface area contributed by atoms with Crippen molar-refractivity contribution in [3.05, 3.63) is 45.2 Å². The number of rotatable bonds is 8. The molecule has 1 atom stereocenters. The summed E-state index contributed by atoms with van der Waals surface area (Å²) in [5.41, 5.74) is 3.87. The number of H-pyrrole nitrogens is 1. The van der Waals surface area contributed by atoms with Gasteiger partial charge in [-0.3, -0.25) is 4.79 Å². The molecule has 1 aromatic carbocycles. The van der Waals surface area contributed by atoms with Gasteiger partial charge in [-0.25, -0.2) is 0 Å². The number of ether oxygens (including phenoxy) is 1. The zero-order valence-corrected chi connectivity index (χ0v) is 19.4. The second kappa shape index (κ2) is 10.4. The van der Waals surface area contributed by atoms with E-state index >= 15 is 0 Å². The molecule has 3 rings (SSSR count). The molecule has 0 bridgehead atoms. The number of nitrogens with one attached hydrogen (secondary N) is 2. The lowest BCUT2D eigenvalue weighted by Gasteiger charge is -2.28. The Morgan fingerprint density at radius 1 is 1.30 bits per heavy atom. The highest BCUT2D eigenvalue weighted by atomic mass is 32.1. The third kappa shape index (κ3) is 6.03. The minimum absolute atomic E-state index is 0.0553. The van der Waals surface area contributed by atoms with Gasteiger partial charge in [-0.15, -0.1) is 0 Å². The largest absolute Gasteiger partial charge is 0.376 e.